The minimum atomic E-state index is 0.642. The molecule has 0 spiro atoms. The lowest BCUT2D eigenvalue weighted by molar-refractivity contribution is 0.321. The Bertz CT molecular complexity index is 386. The zero-order chi connectivity index (χ0) is 8.39. The fourth-order valence-corrected chi connectivity index (χ4v) is 1.08. The van der Waals surface area contributed by atoms with Crippen molar-refractivity contribution < 1.29 is 5.21 Å². The summed E-state index contributed by atoms with van der Waals surface area (Å²) in [5.41, 5.74) is 1.48. The van der Waals surface area contributed by atoms with Gasteiger partial charge in [0.1, 0.15) is 11.3 Å². The number of nitrogens with zero attached hydrogens (tertiary/aromatic N) is 3. The van der Waals surface area contributed by atoms with Crippen LogP contribution in [0, 0.1) is 0 Å². The number of pyridine rings is 1. The van der Waals surface area contributed by atoms with E-state index in [2.05, 4.69) is 10.1 Å². The third kappa shape index (κ3) is 1.03. The number of imidazole rings is 1. The summed E-state index contributed by atoms with van der Waals surface area (Å²) < 4.78 is 1.86. The van der Waals surface area contributed by atoms with Gasteiger partial charge in [0.15, 0.2) is 0 Å². The smallest absolute Gasteiger partial charge is 0.137 e. The van der Waals surface area contributed by atoms with Gasteiger partial charge in [-0.3, -0.25) is 0 Å². The average molecular weight is 161 g/mol. The highest BCUT2D eigenvalue weighted by molar-refractivity contribution is 5.77. The van der Waals surface area contributed by atoms with Gasteiger partial charge in [0.05, 0.1) is 6.21 Å². The number of oxime groups is 1. The molecule has 0 fully saturated rings. The molecule has 0 aromatic carbocycles. The van der Waals surface area contributed by atoms with Crippen molar-refractivity contribution in [2.75, 3.05) is 0 Å². The van der Waals surface area contributed by atoms with E-state index in [1.54, 1.807) is 6.20 Å². The first-order valence-corrected chi connectivity index (χ1v) is 3.51. The molecule has 0 aliphatic carbocycles. The van der Waals surface area contributed by atoms with Gasteiger partial charge in [-0.05, 0) is 12.1 Å². The molecule has 0 aliphatic rings. The molecular formula is C8H7N3O. The van der Waals surface area contributed by atoms with Crippen molar-refractivity contribution >= 4 is 11.9 Å². The molecule has 0 aliphatic heterocycles. The molecule has 0 bridgehead atoms. The van der Waals surface area contributed by atoms with Gasteiger partial charge >= 0.3 is 0 Å². The third-order valence-corrected chi connectivity index (χ3v) is 1.57. The van der Waals surface area contributed by atoms with Gasteiger partial charge < -0.3 is 9.61 Å². The Morgan fingerprint density at radius 3 is 3.17 bits per heavy atom. The first-order valence-electron chi connectivity index (χ1n) is 3.51. The van der Waals surface area contributed by atoms with Crippen LogP contribution < -0.4 is 0 Å². The summed E-state index contributed by atoms with van der Waals surface area (Å²) in [6, 6.07) is 5.70. The van der Waals surface area contributed by atoms with Gasteiger partial charge in [0.25, 0.3) is 0 Å². The van der Waals surface area contributed by atoms with E-state index in [9.17, 15) is 0 Å². The minimum Gasteiger partial charge on any atom is -0.411 e. The average Bonchev–Trinajstić information content (AvgIpc) is 2.47. The van der Waals surface area contributed by atoms with E-state index in [0.29, 0.717) is 5.69 Å². The van der Waals surface area contributed by atoms with Crippen LogP contribution in [0.3, 0.4) is 0 Å². The summed E-state index contributed by atoms with van der Waals surface area (Å²) in [5, 5.41) is 11.2. The largest absolute Gasteiger partial charge is 0.411 e. The molecule has 0 unspecified atom stereocenters. The van der Waals surface area contributed by atoms with Crippen molar-refractivity contribution in [2.45, 2.75) is 0 Å². The van der Waals surface area contributed by atoms with E-state index in [0.717, 1.165) is 5.65 Å². The monoisotopic (exact) mass is 161 g/mol. The Hall–Kier alpha value is -1.84. The molecule has 4 heteroatoms. The van der Waals surface area contributed by atoms with Crippen LogP contribution >= 0.6 is 0 Å². The van der Waals surface area contributed by atoms with Gasteiger partial charge in [-0.15, -0.1) is 0 Å². The molecule has 0 amide bonds. The second kappa shape index (κ2) is 2.65. The van der Waals surface area contributed by atoms with Crippen LogP contribution in [0.1, 0.15) is 5.69 Å². The fourth-order valence-electron chi connectivity index (χ4n) is 1.08. The topological polar surface area (TPSA) is 49.9 Å². The summed E-state index contributed by atoms with van der Waals surface area (Å²) in [4.78, 5) is 4.16. The van der Waals surface area contributed by atoms with Gasteiger partial charge in [-0.2, -0.15) is 0 Å². The molecule has 0 saturated heterocycles. The maximum atomic E-state index is 8.27. The first kappa shape index (κ1) is 6.84. The highest BCUT2D eigenvalue weighted by Crippen LogP contribution is 2.01. The Morgan fingerprint density at radius 1 is 1.50 bits per heavy atom. The standard InChI is InChI=1S/C8H7N3O/c12-9-5-7-6-11-4-2-1-3-8(11)10-7/h1-6,12H/b9-5+. The number of fused-ring (bicyclic) bond motifs is 1. The van der Waals surface area contributed by atoms with Crippen molar-refractivity contribution in [3.05, 3.63) is 36.3 Å². The second-order valence-electron chi connectivity index (χ2n) is 2.38. The molecule has 0 radical (unpaired) electrons. The molecule has 2 aromatic rings. The first-order chi connectivity index (χ1) is 5.90. The van der Waals surface area contributed by atoms with Crippen LogP contribution in [0.4, 0.5) is 0 Å². The van der Waals surface area contributed by atoms with Crippen LogP contribution in [0.25, 0.3) is 5.65 Å². The number of rotatable bonds is 1. The lowest BCUT2D eigenvalue weighted by Gasteiger charge is -1.86. The maximum Gasteiger partial charge on any atom is 0.137 e. The highest BCUT2D eigenvalue weighted by Gasteiger charge is 1.96. The third-order valence-electron chi connectivity index (χ3n) is 1.57. The molecule has 12 heavy (non-hydrogen) atoms. The van der Waals surface area contributed by atoms with Crippen LogP contribution in [0.5, 0.6) is 0 Å². The van der Waals surface area contributed by atoms with Gasteiger partial charge in [0.2, 0.25) is 0 Å². The second-order valence-corrected chi connectivity index (χ2v) is 2.38. The molecule has 2 aromatic heterocycles. The molecule has 0 saturated carbocycles. The van der Waals surface area contributed by atoms with Gasteiger partial charge in [-0.1, -0.05) is 11.2 Å². The quantitative estimate of drug-likeness (QED) is 0.387. The van der Waals surface area contributed by atoms with Crippen LogP contribution in [0.2, 0.25) is 0 Å². The van der Waals surface area contributed by atoms with Crippen LogP contribution in [-0.4, -0.2) is 20.8 Å². The zero-order valence-corrected chi connectivity index (χ0v) is 6.25. The van der Waals surface area contributed by atoms with E-state index in [-0.39, 0.29) is 0 Å². The van der Waals surface area contributed by atoms with Crippen LogP contribution in [0.15, 0.2) is 35.7 Å². The van der Waals surface area contributed by atoms with E-state index in [4.69, 9.17) is 5.21 Å². The Labute approximate surface area is 68.8 Å². The van der Waals surface area contributed by atoms with E-state index >= 15 is 0 Å². The molecule has 4 nitrogen and oxygen atoms in total. The molecule has 60 valence electrons. The molecule has 2 heterocycles. The van der Waals surface area contributed by atoms with Crippen molar-refractivity contribution in [1.82, 2.24) is 9.38 Å². The minimum absolute atomic E-state index is 0.642. The molecule has 0 atom stereocenters. The normalized spacial score (nSPS) is 11.3. The van der Waals surface area contributed by atoms with Crippen molar-refractivity contribution in [3.8, 4) is 0 Å². The summed E-state index contributed by atoms with van der Waals surface area (Å²) in [6.07, 6.45) is 4.97. The Kier molecular flexibility index (Phi) is 1.51. The Morgan fingerprint density at radius 2 is 2.42 bits per heavy atom. The van der Waals surface area contributed by atoms with Gasteiger partial charge in [-0.25, -0.2) is 4.98 Å². The predicted molar refractivity (Wildman–Crippen MR) is 44.6 cm³/mol. The summed E-state index contributed by atoms with van der Waals surface area (Å²) in [7, 11) is 0. The van der Waals surface area contributed by atoms with Crippen molar-refractivity contribution in [3.63, 3.8) is 0 Å². The van der Waals surface area contributed by atoms with Gasteiger partial charge in [0, 0.05) is 12.4 Å². The maximum absolute atomic E-state index is 8.27. The number of hydrogen-bond acceptors (Lipinski definition) is 3. The van der Waals surface area contributed by atoms with Crippen LogP contribution in [-0.2, 0) is 0 Å². The summed E-state index contributed by atoms with van der Waals surface area (Å²) in [5.74, 6) is 0. The van der Waals surface area contributed by atoms with E-state index in [1.807, 2.05) is 28.8 Å². The molecule has 1 N–H and O–H groups in total. The van der Waals surface area contributed by atoms with Crippen molar-refractivity contribution in [1.29, 1.82) is 0 Å². The molecular weight excluding hydrogens is 154 g/mol. The SMILES string of the molecule is O/N=C/c1cn2ccccc2n1. The summed E-state index contributed by atoms with van der Waals surface area (Å²) >= 11 is 0. The lowest BCUT2D eigenvalue weighted by Crippen LogP contribution is -1.77. The van der Waals surface area contributed by atoms with E-state index < -0.39 is 0 Å². The summed E-state index contributed by atoms with van der Waals surface area (Å²) in [6.45, 7) is 0. The zero-order valence-electron chi connectivity index (χ0n) is 6.25. The predicted octanol–water partition coefficient (Wildman–Crippen LogP) is 1.14. The van der Waals surface area contributed by atoms with Crippen molar-refractivity contribution in [2.24, 2.45) is 5.16 Å². The number of aromatic nitrogens is 2. The van der Waals surface area contributed by atoms with E-state index in [1.165, 1.54) is 6.21 Å². The fraction of sp³-hybridized carbons (Fsp3) is 0. The highest BCUT2D eigenvalue weighted by atomic mass is 16.4. The molecule has 2 rings (SSSR count). The lowest BCUT2D eigenvalue weighted by atomic mass is 10.5. The Balaban J connectivity index is 2.62. The number of hydrogen-bond donors (Lipinski definition) is 1.